The number of imide groups is 1. The Morgan fingerprint density at radius 3 is 2.09 bits per heavy atom. The number of halogens is 9. The van der Waals surface area contributed by atoms with Gasteiger partial charge in [-0.05, 0) is 49.7 Å². The van der Waals surface area contributed by atoms with Crippen molar-refractivity contribution in [3.63, 3.8) is 0 Å². The Morgan fingerprint density at radius 2 is 1.55 bits per heavy atom. The van der Waals surface area contributed by atoms with E-state index in [1.807, 2.05) is 0 Å². The molecule has 0 N–H and O–H groups in total. The number of carbonyl (C=O) groups excluding carboxylic acids is 2. The van der Waals surface area contributed by atoms with Gasteiger partial charge in [0.2, 0.25) is 0 Å². The number of carbonyl (C=O) groups is 2. The number of anilines is 1. The first-order valence-electron chi connectivity index (χ1n) is 8.99. The number of hydrogen-bond donors (Lipinski definition) is 0. The van der Waals surface area contributed by atoms with E-state index in [4.69, 9.17) is 0 Å². The zero-order chi connectivity index (χ0) is 25.3. The fourth-order valence-corrected chi connectivity index (χ4v) is 3.97. The second kappa shape index (κ2) is 6.58. The molecule has 0 aromatic heterocycles. The molecule has 14 heteroatoms. The molecular formula is C19H15F9N2O2S. The van der Waals surface area contributed by atoms with Crippen molar-refractivity contribution in [2.75, 3.05) is 4.90 Å². The van der Waals surface area contributed by atoms with Crippen molar-refractivity contribution in [2.24, 2.45) is 0 Å². The minimum atomic E-state index is -10.0. The van der Waals surface area contributed by atoms with Crippen molar-refractivity contribution in [2.45, 2.75) is 37.0 Å². The van der Waals surface area contributed by atoms with Gasteiger partial charge in [-0.25, -0.2) is 14.1 Å². The number of rotatable bonds is 4. The van der Waals surface area contributed by atoms with Crippen LogP contribution in [0.25, 0.3) is 0 Å². The van der Waals surface area contributed by atoms with Gasteiger partial charge < -0.3 is 4.90 Å². The zero-order valence-corrected chi connectivity index (χ0v) is 17.6. The fraction of sp³-hybridized carbons (Fsp3) is 0.263. The summed E-state index contributed by atoms with van der Waals surface area (Å²) < 4.78 is 118. The highest BCUT2D eigenvalue weighted by molar-refractivity contribution is 8.45. The third-order valence-corrected chi connectivity index (χ3v) is 6.17. The average molecular weight is 506 g/mol. The molecule has 0 radical (unpaired) electrons. The Bertz CT molecular complexity index is 1160. The Hall–Kier alpha value is -2.90. The van der Waals surface area contributed by atoms with E-state index in [0.29, 0.717) is 17.0 Å². The van der Waals surface area contributed by atoms with Crippen LogP contribution in [-0.2, 0) is 17.5 Å². The third-order valence-electron chi connectivity index (χ3n) is 5.02. The van der Waals surface area contributed by atoms with E-state index in [2.05, 4.69) is 0 Å². The van der Waals surface area contributed by atoms with Crippen LogP contribution in [0, 0.1) is 5.82 Å². The molecule has 0 bridgehead atoms. The van der Waals surface area contributed by atoms with Crippen LogP contribution < -0.4 is 4.90 Å². The molecule has 0 aliphatic carbocycles. The van der Waals surface area contributed by atoms with Crippen LogP contribution in [0.4, 0.5) is 47.5 Å². The van der Waals surface area contributed by atoms with Crippen molar-refractivity contribution < 1.29 is 46.6 Å². The van der Waals surface area contributed by atoms with Crippen LogP contribution >= 0.6 is 10.2 Å². The fourth-order valence-electron chi connectivity index (χ4n) is 3.26. The van der Waals surface area contributed by atoms with E-state index >= 15 is 0 Å². The van der Waals surface area contributed by atoms with Gasteiger partial charge in [-0.15, -0.1) is 0 Å². The number of urea groups is 1. The average Bonchev–Trinajstić information content (AvgIpc) is 2.80. The summed E-state index contributed by atoms with van der Waals surface area (Å²) in [4.78, 5) is 24.5. The summed E-state index contributed by atoms with van der Waals surface area (Å²) in [6, 6.07) is 2.21. The third kappa shape index (κ3) is 4.61. The first-order chi connectivity index (χ1) is 14.6. The van der Waals surface area contributed by atoms with Crippen molar-refractivity contribution in [3.8, 4) is 0 Å². The lowest BCUT2D eigenvalue weighted by atomic mass is 10.0. The van der Waals surface area contributed by atoms with E-state index in [0.717, 1.165) is 17.0 Å². The second-order valence-electron chi connectivity index (χ2n) is 7.85. The molecule has 2 aromatic carbocycles. The molecule has 4 nitrogen and oxygen atoms in total. The maximum absolute atomic E-state index is 13.6. The molecule has 0 unspecified atom stereocenters. The summed E-state index contributed by atoms with van der Waals surface area (Å²) >= 11 is 0. The Kier molecular flexibility index (Phi) is 4.93. The number of hydrogen-bond acceptors (Lipinski definition) is 2. The van der Waals surface area contributed by atoms with Gasteiger partial charge in [0.25, 0.3) is 5.91 Å². The molecule has 3 rings (SSSR count). The Balaban J connectivity index is 2.01. The molecule has 1 fully saturated rings. The molecule has 1 aliphatic heterocycles. The van der Waals surface area contributed by atoms with Gasteiger partial charge in [0.05, 0.1) is 11.3 Å². The summed E-state index contributed by atoms with van der Waals surface area (Å²) in [5.41, 5.74) is -4.52. The van der Waals surface area contributed by atoms with Crippen molar-refractivity contribution >= 4 is 27.8 Å². The van der Waals surface area contributed by atoms with E-state index in [1.165, 1.54) is 13.8 Å². The lowest BCUT2D eigenvalue weighted by Gasteiger charge is -2.40. The number of benzene rings is 2. The summed E-state index contributed by atoms with van der Waals surface area (Å²) in [6.07, 6.45) is -5.13. The molecule has 0 spiro atoms. The van der Waals surface area contributed by atoms with Crippen LogP contribution in [0.3, 0.4) is 0 Å². The van der Waals surface area contributed by atoms with Gasteiger partial charge in [0.1, 0.15) is 16.3 Å². The van der Waals surface area contributed by atoms with E-state index < -0.39 is 67.9 Å². The number of amides is 3. The minimum Gasteiger partial charge on any atom is -0.305 e. The molecule has 182 valence electrons. The maximum atomic E-state index is 13.6. The van der Waals surface area contributed by atoms with Gasteiger partial charge in [-0.1, -0.05) is 31.6 Å². The molecule has 1 saturated heterocycles. The molecule has 0 atom stereocenters. The van der Waals surface area contributed by atoms with Gasteiger partial charge in [-0.2, -0.15) is 13.2 Å². The predicted molar refractivity (Wildman–Crippen MR) is 102 cm³/mol. The summed E-state index contributed by atoms with van der Waals surface area (Å²) in [7, 11) is -10.0. The van der Waals surface area contributed by atoms with Crippen molar-refractivity contribution in [1.29, 1.82) is 0 Å². The molecule has 1 aliphatic rings. The SMILES string of the molecule is CC1(C)C(=O)N(c2ccc(F)c(C(F)(F)F)c2)C(=O)N1Cc1cccc(S(F)(F)(F)(F)F)c1. The molecule has 3 amide bonds. The topological polar surface area (TPSA) is 40.6 Å². The zero-order valence-electron chi connectivity index (χ0n) is 16.8. The molecule has 1 heterocycles. The van der Waals surface area contributed by atoms with Crippen LogP contribution in [0.2, 0.25) is 0 Å². The highest BCUT2D eigenvalue weighted by atomic mass is 32.5. The highest BCUT2D eigenvalue weighted by Gasteiger charge is 2.65. The van der Waals surface area contributed by atoms with Crippen LogP contribution in [-0.4, -0.2) is 22.4 Å². The van der Waals surface area contributed by atoms with E-state index in [1.54, 1.807) is 0 Å². The molecule has 2 aromatic rings. The van der Waals surface area contributed by atoms with Gasteiger partial charge in [0.15, 0.2) is 0 Å². The van der Waals surface area contributed by atoms with Crippen molar-refractivity contribution in [3.05, 3.63) is 59.4 Å². The van der Waals surface area contributed by atoms with Gasteiger partial charge >= 0.3 is 22.4 Å². The highest BCUT2D eigenvalue weighted by Crippen LogP contribution is 3.02. The predicted octanol–water partition coefficient (Wildman–Crippen LogP) is 7.25. The minimum absolute atomic E-state index is 0.137. The van der Waals surface area contributed by atoms with Crippen LogP contribution in [0.5, 0.6) is 0 Å². The van der Waals surface area contributed by atoms with Gasteiger partial charge in [0, 0.05) is 6.54 Å². The van der Waals surface area contributed by atoms with Crippen LogP contribution in [0.1, 0.15) is 25.0 Å². The molecule has 33 heavy (non-hydrogen) atoms. The summed E-state index contributed by atoms with van der Waals surface area (Å²) in [6.45, 7) is 1.62. The first kappa shape index (κ1) is 24.7. The second-order valence-corrected chi connectivity index (χ2v) is 10.3. The number of nitrogens with zero attached hydrogens (tertiary/aromatic N) is 2. The first-order valence-corrected chi connectivity index (χ1v) is 10.9. The van der Waals surface area contributed by atoms with E-state index in [-0.39, 0.29) is 18.2 Å². The normalized spacial score (nSPS) is 19.0. The maximum Gasteiger partial charge on any atom is 0.419 e. The quantitative estimate of drug-likeness (QED) is 0.324. The lowest BCUT2D eigenvalue weighted by Crippen LogP contribution is -2.43. The lowest BCUT2D eigenvalue weighted by molar-refractivity contribution is -0.140. The summed E-state index contributed by atoms with van der Waals surface area (Å²) in [5, 5.41) is 0. The Morgan fingerprint density at radius 1 is 0.939 bits per heavy atom. The largest absolute Gasteiger partial charge is 0.419 e. The van der Waals surface area contributed by atoms with Gasteiger partial charge in [-0.3, -0.25) is 4.79 Å². The Labute approximate surface area is 181 Å². The summed E-state index contributed by atoms with van der Waals surface area (Å²) in [5.74, 6) is -2.69. The number of alkyl halides is 3. The molecular weight excluding hydrogens is 491 g/mol. The standard InChI is InChI=1S/C19H15F9N2O2S/c1-18(2)16(31)30(12-6-7-15(20)14(9-12)19(21,22)23)17(32)29(18)10-11-4-3-5-13(8-11)33(24,25,26,27)28/h3-9H,10H2,1-2H3. The van der Waals surface area contributed by atoms with Crippen molar-refractivity contribution in [1.82, 2.24) is 4.90 Å². The van der Waals surface area contributed by atoms with E-state index in [9.17, 15) is 46.6 Å². The molecule has 0 saturated carbocycles. The monoisotopic (exact) mass is 506 g/mol. The smallest absolute Gasteiger partial charge is 0.305 e. The van der Waals surface area contributed by atoms with Crippen LogP contribution in [0.15, 0.2) is 47.4 Å².